The van der Waals surface area contributed by atoms with E-state index in [4.69, 9.17) is 9.47 Å². The summed E-state index contributed by atoms with van der Waals surface area (Å²) in [5, 5.41) is 3.27. The first-order chi connectivity index (χ1) is 9.83. The molecule has 0 aliphatic carbocycles. The van der Waals surface area contributed by atoms with Gasteiger partial charge in [0.05, 0.1) is 18.1 Å². The number of benzene rings is 1. The van der Waals surface area contributed by atoms with Crippen molar-refractivity contribution in [3.05, 3.63) is 35.9 Å². The van der Waals surface area contributed by atoms with Crippen molar-refractivity contribution in [3.63, 3.8) is 0 Å². The summed E-state index contributed by atoms with van der Waals surface area (Å²) in [6, 6.07) is 10.2. The second-order valence-electron chi connectivity index (χ2n) is 5.55. The Hall–Kier alpha value is -1.39. The van der Waals surface area contributed by atoms with Crippen molar-refractivity contribution in [2.75, 3.05) is 13.2 Å². The van der Waals surface area contributed by atoms with E-state index in [1.807, 2.05) is 18.2 Å². The molecule has 2 aliphatic rings. The summed E-state index contributed by atoms with van der Waals surface area (Å²) in [4.78, 5) is 11.9. The van der Waals surface area contributed by atoms with Crippen molar-refractivity contribution in [2.24, 2.45) is 5.92 Å². The molecule has 3 atom stereocenters. The average molecular weight is 275 g/mol. The number of esters is 1. The number of rotatable bonds is 6. The van der Waals surface area contributed by atoms with Gasteiger partial charge >= 0.3 is 5.97 Å². The predicted octanol–water partition coefficient (Wildman–Crippen LogP) is 1.89. The fourth-order valence-electron chi connectivity index (χ4n) is 3.05. The molecule has 0 radical (unpaired) electrons. The van der Waals surface area contributed by atoms with Gasteiger partial charge in [-0.05, 0) is 24.8 Å². The number of ether oxygens (including phenoxy) is 2. The van der Waals surface area contributed by atoms with Crippen LogP contribution in [0.1, 0.15) is 24.8 Å². The molecule has 2 saturated heterocycles. The molecule has 1 aromatic carbocycles. The lowest BCUT2D eigenvalue weighted by Crippen LogP contribution is -2.29. The fraction of sp³-hybridized carbons (Fsp3) is 0.562. The van der Waals surface area contributed by atoms with E-state index >= 15 is 0 Å². The predicted molar refractivity (Wildman–Crippen MR) is 75.1 cm³/mol. The third-order valence-corrected chi connectivity index (χ3v) is 4.10. The maximum absolute atomic E-state index is 11.9. The van der Waals surface area contributed by atoms with Gasteiger partial charge in [0, 0.05) is 13.1 Å². The zero-order valence-corrected chi connectivity index (χ0v) is 11.6. The summed E-state index contributed by atoms with van der Waals surface area (Å²) in [6.07, 6.45) is 3.38. The molecule has 4 nitrogen and oxygen atoms in total. The molecule has 4 heteroatoms. The Morgan fingerprint density at radius 2 is 2.15 bits per heavy atom. The smallest absolute Gasteiger partial charge is 0.311 e. The van der Waals surface area contributed by atoms with Gasteiger partial charge in [-0.1, -0.05) is 30.3 Å². The number of carbonyl (C=O) groups is 1. The summed E-state index contributed by atoms with van der Waals surface area (Å²) in [6.45, 7) is 1.91. The van der Waals surface area contributed by atoms with Gasteiger partial charge in [-0.2, -0.15) is 0 Å². The maximum atomic E-state index is 11.9. The molecule has 2 aliphatic heterocycles. The molecule has 1 N–H and O–H groups in total. The van der Waals surface area contributed by atoms with Crippen LogP contribution in [0.5, 0.6) is 0 Å². The molecule has 2 heterocycles. The highest BCUT2D eigenvalue weighted by Crippen LogP contribution is 2.39. The van der Waals surface area contributed by atoms with Crippen LogP contribution in [-0.4, -0.2) is 31.3 Å². The van der Waals surface area contributed by atoms with E-state index < -0.39 is 0 Å². The molecule has 2 bridgehead atoms. The lowest BCUT2D eigenvalue weighted by Gasteiger charge is -2.17. The van der Waals surface area contributed by atoms with E-state index in [-0.39, 0.29) is 18.0 Å². The van der Waals surface area contributed by atoms with Crippen molar-refractivity contribution in [1.29, 1.82) is 0 Å². The first-order valence-corrected chi connectivity index (χ1v) is 7.39. The minimum atomic E-state index is -0.0845. The number of fused-ring (bicyclic) bond motifs is 2. The van der Waals surface area contributed by atoms with Gasteiger partial charge in [0.25, 0.3) is 0 Å². The average Bonchev–Trinajstić information content (AvgIpc) is 3.10. The largest absolute Gasteiger partial charge is 0.464 e. The highest BCUT2D eigenvalue weighted by molar-refractivity contribution is 5.73. The minimum absolute atomic E-state index is 0.0251. The first kappa shape index (κ1) is 13.6. The van der Waals surface area contributed by atoms with Crippen LogP contribution in [0.3, 0.4) is 0 Å². The summed E-state index contributed by atoms with van der Waals surface area (Å²) in [7, 11) is 0. The molecule has 0 spiro atoms. The molecule has 108 valence electrons. The van der Waals surface area contributed by atoms with Gasteiger partial charge in [-0.3, -0.25) is 4.79 Å². The summed E-state index contributed by atoms with van der Waals surface area (Å²) in [5.41, 5.74) is 1.24. The summed E-state index contributed by atoms with van der Waals surface area (Å²) in [5.74, 6) is -0.110. The second-order valence-corrected chi connectivity index (χ2v) is 5.55. The summed E-state index contributed by atoms with van der Waals surface area (Å²) >= 11 is 0. The Bertz CT molecular complexity index is 448. The Labute approximate surface area is 119 Å². The van der Waals surface area contributed by atoms with Crippen LogP contribution in [-0.2, 0) is 20.8 Å². The molecular formula is C16H21NO3. The van der Waals surface area contributed by atoms with Crippen molar-refractivity contribution in [1.82, 2.24) is 5.32 Å². The first-order valence-electron chi connectivity index (χ1n) is 7.39. The van der Waals surface area contributed by atoms with E-state index in [2.05, 4.69) is 17.4 Å². The van der Waals surface area contributed by atoms with Crippen LogP contribution < -0.4 is 5.32 Å². The molecule has 2 fully saturated rings. The minimum Gasteiger partial charge on any atom is -0.464 e. The van der Waals surface area contributed by atoms with Crippen LogP contribution in [0, 0.1) is 5.92 Å². The van der Waals surface area contributed by atoms with Gasteiger partial charge in [-0.25, -0.2) is 0 Å². The van der Waals surface area contributed by atoms with E-state index in [0.29, 0.717) is 19.3 Å². The second kappa shape index (κ2) is 6.37. The lowest BCUT2D eigenvalue weighted by atomic mass is 9.89. The van der Waals surface area contributed by atoms with Crippen LogP contribution >= 0.6 is 0 Å². The number of hydrogen-bond acceptors (Lipinski definition) is 4. The molecule has 0 amide bonds. The Morgan fingerprint density at radius 3 is 2.85 bits per heavy atom. The zero-order chi connectivity index (χ0) is 13.8. The van der Waals surface area contributed by atoms with E-state index in [9.17, 15) is 4.79 Å². The highest BCUT2D eigenvalue weighted by Gasteiger charge is 2.45. The van der Waals surface area contributed by atoms with E-state index in [1.165, 1.54) is 5.56 Å². The third-order valence-electron chi connectivity index (χ3n) is 4.10. The Balaban J connectivity index is 1.31. The number of nitrogens with one attached hydrogen (secondary N) is 1. The Kier molecular flexibility index (Phi) is 4.33. The number of carbonyl (C=O) groups excluding carboxylic acids is 1. The summed E-state index contributed by atoms with van der Waals surface area (Å²) < 4.78 is 11.0. The highest BCUT2D eigenvalue weighted by atomic mass is 16.5. The van der Waals surface area contributed by atoms with Crippen LogP contribution in [0.4, 0.5) is 0 Å². The van der Waals surface area contributed by atoms with Gasteiger partial charge in [0.15, 0.2) is 0 Å². The van der Waals surface area contributed by atoms with Gasteiger partial charge in [-0.15, -0.1) is 0 Å². The van der Waals surface area contributed by atoms with Crippen molar-refractivity contribution < 1.29 is 14.3 Å². The fourth-order valence-corrected chi connectivity index (χ4v) is 3.05. The molecule has 3 rings (SSSR count). The van der Waals surface area contributed by atoms with Crippen LogP contribution in [0.2, 0.25) is 0 Å². The third kappa shape index (κ3) is 3.19. The lowest BCUT2D eigenvalue weighted by molar-refractivity contribution is -0.150. The normalized spacial score (nSPS) is 27.7. The molecule has 0 aromatic heterocycles. The zero-order valence-electron chi connectivity index (χ0n) is 11.6. The standard InChI is InChI=1S/C16H21NO3/c18-16(14-10-13-6-7-15(14)20-13)19-9-8-17-11-12-4-2-1-3-5-12/h1-5,13-15,17H,6-11H2. The molecule has 3 unspecified atom stereocenters. The Morgan fingerprint density at radius 1 is 1.30 bits per heavy atom. The SMILES string of the molecule is O=C(OCCNCc1ccccc1)C1CC2CCC1O2. The van der Waals surface area contributed by atoms with Crippen molar-refractivity contribution in [3.8, 4) is 0 Å². The van der Waals surface area contributed by atoms with Crippen LogP contribution in [0.25, 0.3) is 0 Å². The van der Waals surface area contributed by atoms with E-state index in [1.54, 1.807) is 0 Å². The van der Waals surface area contributed by atoms with Crippen molar-refractivity contribution >= 4 is 5.97 Å². The maximum Gasteiger partial charge on any atom is 0.311 e. The van der Waals surface area contributed by atoms with Gasteiger partial charge < -0.3 is 14.8 Å². The topological polar surface area (TPSA) is 47.6 Å². The quantitative estimate of drug-likeness (QED) is 0.636. The number of hydrogen-bond donors (Lipinski definition) is 1. The van der Waals surface area contributed by atoms with Gasteiger partial charge in [0.2, 0.25) is 0 Å². The monoisotopic (exact) mass is 275 g/mol. The molecular weight excluding hydrogens is 254 g/mol. The van der Waals surface area contributed by atoms with Gasteiger partial charge in [0.1, 0.15) is 6.61 Å². The molecule has 20 heavy (non-hydrogen) atoms. The van der Waals surface area contributed by atoms with Crippen molar-refractivity contribution in [2.45, 2.75) is 38.0 Å². The van der Waals surface area contributed by atoms with E-state index in [0.717, 1.165) is 25.8 Å². The molecule has 0 saturated carbocycles. The molecule has 1 aromatic rings. The van der Waals surface area contributed by atoms with Crippen LogP contribution in [0.15, 0.2) is 30.3 Å².